The van der Waals surface area contributed by atoms with Gasteiger partial charge in [-0.05, 0) is 30.2 Å². The second-order valence-corrected chi connectivity index (χ2v) is 3.42. The zero-order valence-electron chi connectivity index (χ0n) is 9.31. The molecule has 0 radical (unpaired) electrons. The van der Waals surface area contributed by atoms with Crippen LogP contribution >= 0.6 is 0 Å². The van der Waals surface area contributed by atoms with Crippen LogP contribution in [-0.2, 0) is 0 Å². The molecular weight excluding hydrogens is 229 g/mol. The molecule has 1 aromatic heterocycles. The van der Waals surface area contributed by atoms with Gasteiger partial charge in [-0.1, -0.05) is 11.8 Å². The molecule has 0 fully saturated rings. The Bertz CT molecular complexity index is 690. The number of benzene rings is 1. The lowest BCUT2D eigenvalue weighted by Gasteiger charge is -1.95. The Labute approximate surface area is 104 Å². The second kappa shape index (κ2) is 4.99. The van der Waals surface area contributed by atoms with E-state index in [-0.39, 0.29) is 5.95 Å². The Morgan fingerprint density at radius 2 is 1.94 bits per heavy atom. The molecule has 2 rings (SSSR count). The summed E-state index contributed by atoms with van der Waals surface area (Å²) in [6.07, 6.45) is 6.72. The van der Waals surface area contributed by atoms with E-state index in [1.54, 1.807) is 12.1 Å². The van der Waals surface area contributed by atoms with Gasteiger partial charge in [0, 0.05) is 17.3 Å². The largest absolute Gasteiger partial charge is 0.368 e. The van der Waals surface area contributed by atoms with Crippen LogP contribution in [0.4, 0.5) is 10.3 Å². The summed E-state index contributed by atoms with van der Waals surface area (Å²) in [7, 11) is 0. The van der Waals surface area contributed by atoms with Gasteiger partial charge >= 0.3 is 0 Å². The van der Waals surface area contributed by atoms with Crippen LogP contribution < -0.4 is 5.73 Å². The highest BCUT2D eigenvalue weighted by Gasteiger charge is 1.97. The highest BCUT2D eigenvalue weighted by Crippen LogP contribution is 2.07. The minimum Gasteiger partial charge on any atom is -0.368 e. The predicted octanol–water partition coefficient (Wildman–Crippen LogP) is 1.58. The lowest BCUT2D eigenvalue weighted by molar-refractivity contribution is 0.627. The van der Waals surface area contributed by atoms with Crippen molar-refractivity contribution < 1.29 is 4.39 Å². The van der Waals surface area contributed by atoms with Gasteiger partial charge in [0.2, 0.25) is 5.95 Å². The highest BCUT2D eigenvalue weighted by molar-refractivity contribution is 5.46. The molecule has 18 heavy (non-hydrogen) atoms. The molecule has 2 aromatic rings. The number of nitrogens with two attached hydrogens (primary N) is 1. The normalized spacial score (nSPS) is 9.11. The topological polar surface area (TPSA) is 51.8 Å². The smallest absolute Gasteiger partial charge is 0.221 e. The van der Waals surface area contributed by atoms with Gasteiger partial charge in [0.15, 0.2) is 0 Å². The molecule has 0 saturated heterocycles. The first-order valence-corrected chi connectivity index (χ1v) is 5.05. The first-order chi connectivity index (χ1) is 8.67. The van der Waals surface area contributed by atoms with Crippen LogP contribution in [0.1, 0.15) is 16.8 Å². The molecule has 0 amide bonds. The maximum atomic E-state index is 13.2. The fraction of sp³-hybridized carbons (Fsp3) is 0. The molecule has 2 N–H and O–H groups in total. The molecule has 86 valence electrons. The monoisotopic (exact) mass is 237 g/mol. The van der Waals surface area contributed by atoms with Crippen LogP contribution in [0.5, 0.6) is 0 Å². The SMILES string of the molecule is C#Cc1cc(F)cc(C#Cc2ccnc(N)n2)c1. The van der Waals surface area contributed by atoms with E-state index in [2.05, 4.69) is 27.7 Å². The number of terminal acetylenes is 1. The molecular formula is C14H8FN3. The standard InChI is InChI=1S/C14H8FN3/c1-2-10-7-11(9-12(15)8-10)3-4-13-5-6-17-14(16)18-13/h1,5-9H,(H2,16,17,18). The van der Waals surface area contributed by atoms with Gasteiger partial charge in [-0.25, -0.2) is 14.4 Å². The van der Waals surface area contributed by atoms with Gasteiger partial charge in [-0.2, -0.15) is 0 Å². The van der Waals surface area contributed by atoms with E-state index in [4.69, 9.17) is 12.2 Å². The van der Waals surface area contributed by atoms with E-state index in [0.717, 1.165) is 0 Å². The molecule has 3 nitrogen and oxygen atoms in total. The van der Waals surface area contributed by atoms with E-state index in [9.17, 15) is 4.39 Å². The fourth-order valence-corrected chi connectivity index (χ4v) is 1.32. The number of rotatable bonds is 0. The van der Waals surface area contributed by atoms with Gasteiger partial charge in [0.1, 0.15) is 11.5 Å². The van der Waals surface area contributed by atoms with Crippen molar-refractivity contribution in [2.45, 2.75) is 0 Å². The quantitative estimate of drug-likeness (QED) is 0.708. The zero-order valence-corrected chi connectivity index (χ0v) is 9.31. The van der Waals surface area contributed by atoms with Gasteiger partial charge in [0.25, 0.3) is 0 Å². The molecule has 0 unspecified atom stereocenters. The molecule has 0 aliphatic rings. The third-order valence-electron chi connectivity index (χ3n) is 2.07. The average Bonchev–Trinajstić information content (AvgIpc) is 2.36. The number of halogens is 1. The van der Waals surface area contributed by atoms with Crippen molar-refractivity contribution in [1.29, 1.82) is 0 Å². The Balaban J connectivity index is 2.36. The molecule has 0 aliphatic heterocycles. The summed E-state index contributed by atoms with van der Waals surface area (Å²) in [5.74, 6) is 7.62. The molecule has 1 heterocycles. The number of hydrogen-bond acceptors (Lipinski definition) is 3. The first-order valence-electron chi connectivity index (χ1n) is 5.05. The number of nitrogen functional groups attached to an aromatic ring is 1. The molecule has 1 aromatic carbocycles. The minimum absolute atomic E-state index is 0.144. The van der Waals surface area contributed by atoms with Crippen LogP contribution in [0.2, 0.25) is 0 Å². The minimum atomic E-state index is -0.419. The van der Waals surface area contributed by atoms with E-state index >= 15 is 0 Å². The number of aromatic nitrogens is 2. The van der Waals surface area contributed by atoms with Gasteiger partial charge in [-0.15, -0.1) is 6.42 Å². The molecule has 0 saturated carbocycles. The van der Waals surface area contributed by atoms with Crippen LogP contribution in [0.25, 0.3) is 0 Å². The van der Waals surface area contributed by atoms with Crippen molar-refractivity contribution in [3.8, 4) is 24.2 Å². The van der Waals surface area contributed by atoms with Crippen LogP contribution in [0, 0.1) is 30.0 Å². The second-order valence-electron chi connectivity index (χ2n) is 3.42. The number of nitrogens with zero attached hydrogens (tertiary/aromatic N) is 2. The van der Waals surface area contributed by atoms with Crippen molar-refractivity contribution >= 4 is 5.95 Å². The van der Waals surface area contributed by atoms with E-state index in [0.29, 0.717) is 16.8 Å². The van der Waals surface area contributed by atoms with Crippen molar-refractivity contribution in [3.63, 3.8) is 0 Å². The summed E-state index contributed by atoms with van der Waals surface area (Å²) < 4.78 is 13.2. The van der Waals surface area contributed by atoms with Gasteiger partial charge < -0.3 is 5.73 Å². The van der Waals surface area contributed by atoms with Crippen LogP contribution in [0.3, 0.4) is 0 Å². The van der Waals surface area contributed by atoms with E-state index < -0.39 is 5.82 Å². The van der Waals surface area contributed by atoms with Gasteiger partial charge in [0.05, 0.1) is 0 Å². The summed E-state index contributed by atoms with van der Waals surface area (Å²) >= 11 is 0. The van der Waals surface area contributed by atoms with Crippen molar-refractivity contribution in [2.75, 3.05) is 5.73 Å². The number of hydrogen-bond donors (Lipinski definition) is 1. The van der Waals surface area contributed by atoms with Crippen LogP contribution in [0.15, 0.2) is 30.5 Å². The Kier molecular flexibility index (Phi) is 3.22. The maximum absolute atomic E-state index is 13.2. The molecule has 4 heteroatoms. The molecule has 0 bridgehead atoms. The van der Waals surface area contributed by atoms with E-state index in [1.807, 2.05) is 0 Å². The lowest BCUT2D eigenvalue weighted by Crippen LogP contribution is -1.95. The third kappa shape index (κ3) is 2.84. The molecule has 0 atom stereocenters. The Hall–Kier alpha value is -2.85. The number of anilines is 1. The van der Waals surface area contributed by atoms with Crippen molar-refractivity contribution in [3.05, 3.63) is 53.1 Å². The van der Waals surface area contributed by atoms with Crippen molar-refractivity contribution in [2.24, 2.45) is 0 Å². The van der Waals surface area contributed by atoms with Crippen molar-refractivity contribution in [1.82, 2.24) is 9.97 Å². The third-order valence-corrected chi connectivity index (χ3v) is 2.07. The summed E-state index contributed by atoms with van der Waals surface area (Å²) in [6.45, 7) is 0. The first kappa shape index (κ1) is 11.6. The summed E-state index contributed by atoms with van der Waals surface area (Å²) in [6, 6.07) is 5.82. The summed E-state index contributed by atoms with van der Waals surface area (Å²) in [5, 5.41) is 0. The van der Waals surface area contributed by atoms with Gasteiger partial charge in [-0.3, -0.25) is 0 Å². The molecule has 0 aliphatic carbocycles. The molecule has 0 spiro atoms. The lowest BCUT2D eigenvalue weighted by atomic mass is 10.1. The fourth-order valence-electron chi connectivity index (χ4n) is 1.32. The Morgan fingerprint density at radius 1 is 1.17 bits per heavy atom. The summed E-state index contributed by atoms with van der Waals surface area (Å²) in [4.78, 5) is 7.66. The van der Waals surface area contributed by atoms with E-state index in [1.165, 1.54) is 18.3 Å². The highest BCUT2D eigenvalue weighted by atomic mass is 19.1. The van der Waals surface area contributed by atoms with Crippen LogP contribution in [-0.4, -0.2) is 9.97 Å². The summed E-state index contributed by atoms with van der Waals surface area (Å²) in [5.41, 5.74) is 6.82. The Morgan fingerprint density at radius 3 is 2.67 bits per heavy atom. The average molecular weight is 237 g/mol. The maximum Gasteiger partial charge on any atom is 0.221 e. The predicted molar refractivity (Wildman–Crippen MR) is 66.8 cm³/mol. The zero-order chi connectivity index (χ0) is 13.0.